The van der Waals surface area contributed by atoms with Gasteiger partial charge in [0.15, 0.2) is 5.82 Å². The molecule has 0 aliphatic carbocycles. The second-order valence-electron chi connectivity index (χ2n) is 3.93. The molecule has 0 amide bonds. The Kier molecular flexibility index (Phi) is 3.84. The van der Waals surface area contributed by atoms with Gasteiger partial charge in [-0.3, -0.25) is 0 Å². The van der Waals surface area contributed by atoms with Gasteiger partial charge in [-0.1, -0.05) is 12.1 Å². The maximum absolute atomic E-state index is 13.6. The second kappa shape index (κ2) is 5.55. The average molecular weight is 246 g/mol. The van der Waals surface area contributed by atoms with Gasteiger partial charge in [-0.25, -0.2) is 14.4 Å². The van der Waals surface area contributed by atoms with Gasteiger partial charge < -0.3 is 10.6 Å². The van der Waals surface area contributed by atoms with Crippen LogP contribution in [0.3, 0.4) is 0 Å². The molecule has 0 saturated heterocycles. The minimum absolute atomic E-state index is 0.323. The van der Waals surface area contributed by atoms with E-state index in [4.69, 9.17) is 5.73 Å². The Balaban J connectivity index is 2.36. The molecule has 18 heavy (non-hydrogen) atoms. The number of benzene rings is 1. The van der Waals surface area contributed by atoms with Crippen LogP contribution in [0.15, 0.2) is 36.5 Å². The summed E-state index contributed by atoms with van der Waals surface area (Å²) in [4.78, 5) is 10.4. The van der Waals surface area contributed by atoms with Crippen LogP contribution in [0.5, 0.6) is 0 Å². The molecule has 0 unspecified atom stereocenters. The van der Waals surface area contributed by atoms with Crippen LogP contribution in [0.25, 0.3) is 11.4 Å². The Hall–Kier alpha value is -2.01. The third-order valence-corrected chi connectivity index (χ3v) is 2.61. The summed E-state index contributed by atoms with van der Waals surface area (Å²) in [7, 11) is 1.89. The number of hydrogen-bond acceptors (Lipinski definition) is 4. The van der Waals surface area contributed by atoms with E-state index < -0.39 is 0 Å². The lowest BCUT2D eigenvalue weighted by Crippen LogP contribution is -2.25. The number of rotatable bonds is 4. The highest BCUT2D eigenvalue weighted by atomic mass is 19.1. The average Bonchev–Trinajstić information content (AvgIpc) is 2.40. The molecule has 1 aromatic carbocycles. The van der Waals surface area contributed by atoms with Crippen LogP contribution in [0, 0.1) is 5.82 Å². The fraction of sp³-hybridized carbons (Fsp3) is 0.231. The van der Waals surface area contributed by atoms with Crippen molar-refractivity contribution in [3.8, 4) is 11.4 Å². The van der Waals surface area contributed by atoms with Crippen molar-refractivity contribution in [2.75, 3.05) is 25.0 Å². The summed E-state index contributed by atoms with van der Waals surface area (Å²) in [5, 5.41) is 0. The first-order chi connectivity index (χ1) is 8.72. The summed E-state index contributed by atoms with van der Waals surface area (Å²) in [6.45, 7) is 1.23. The smallest absolute Gasteiger partial charge is 0.164 e. The van der Waals surface area contributed by atoms with Crippen molar-refractivity contribution in [2.24, 2.45) is 5.73 Å². The highest BCUT2D eigenvalue weighted by molar-refractivity contribution is 5.57. The molecule has 0 saturated carbocycles. The lowest BCUT2D eigenvalue weighted by molar-refractivity contribution is 0.630. The molecule has 5 heteroatoms. The van der Waals surface area contributed by atoms with Gasteiger partial charge >= 0.3 is 0 Å². The predicted molar refractivity (Wildman–Crippen MR) is 69.8 cm³/mol. The van der Waals surface area contributed by atoms with Crippen LogP contribution in [-0.4, -0.2) is 30.1 Å². The molecule has 1 aromatic heterocycles. The van der Waals surface area contributed by atoms with Crippen LogP contribution in [0.2, 0.25) is 0 Å². The van der Waals surface area contributed by atoms with Crippen molar-refractivity contribution in [1.29, 1.82) is 0 Å². The largest absolute Gasteiger partial charge is 0.358 e. The normalized spacial score (nSPS) is 10.4. The topological polar surface area (TPSA) is 55.0 Å². The summed E-state index contributed by atoms with van der Waals surface area (Å²) in [6, 6.07) is 8.24. The van der Waals surface area contributed by atoms with Crippen molar-refractivity contribution >= 4 is 5.82 Å². The summed E-state index contributed by atoms with van der Waals surface area (Å²) >= 11 is 0. The molecule has 2 N–H and O–H groups in total. The fourth-order valence-corrected chi connectivity index (χ4v) is 1.64. The van der Waals surface area contributed by atoms with Crippen molar-refractivity contribution in [3.05, 3.63) is 42.3 Å². The lowest BCUT2D eigenvalue weighted by Gasteiger charge is -2.17. The number of halogens is 1. The highest BCUT2D eigenvalue weighted by Crippen LogP contribution is 2.20. The third-order valence-electron chi connectivity index (χ3n) is 2.61. The van der Waals surface area contributed by atoms with E-state index in [0.29, 0.717) is 24.5 Å². The van der Waals surface area contributed by atoms with E-state index in [9.17, 15) is 4.39 Å². The lowest BCUT2D eigenvalue weighted by atomic mass is 10.2. The second-order valence-corrected chi connectivity index (χ2v) is 3.93. The van der Waals surface area contributed by atoms with E-state index in [1.165, 1.54) is 6.07 Å². The zero-order chi connectivity index (χ0) is 13.0. The molecule has 0 aliphatic rings. The first-order valence-corrected chi connectivity index (χ1v) is 5.71. The SMILES string of the molecule is CN(CCN)c1ccnc(-c2ccccc2F)n1. The molecule has 0 radical (unpaired) electrons. The number of nitrogens with zero attached hydrogens (tertiary/aromatic N) is 3. The van der Waals surface area contributed by atoms with Crippen LogP contribution < -0.4 is 10.6 Å². The molecule has 94 valence electrons. The van der Waals surface area contributed by atoms with Crippen molar-refractivity contribution in [3.63, 3.8) is 0 Å². The standard InChI is InChI=1S/C13H15FN4/c1-18(9-7-15)12-6-8-16-13(17-12)10-4-2-3-5-11(10)14/h2-6,8H,7,9,15H2,1H3. The van der Waals surface area contributed by atoms with Crippen LogP contribution in [-0.2, 0) is 0 Å². The van der Waals surface area contributed by atoms with Gasteiger partial charge in [0.25, 0.3) is 0 Å². The van der Waals surface area contributed by atoms with E-state index in [1.807, 2.05) is 11.9 Å². The monoisotopic (exact) mass is 246 g/mol. The first kappa shape index (κ1) is 12.4. The van der Waals surface area contributed by atoms with Gasteiger partial charge in [0.1, 0.15) is 11.6 Å². The Morgan fingerprint density at radius 2 is 2.06 bits per heavy atom. The van der Waals surface area contributed by atoms with E-state index in [-0.39, 0.29) is 5.82 Å². The molecule has 4 nitrogen and oxygen atoms in total. The maximum atomic E-state index is 13.6. The molecule has 0 aliphatic heterocycles. The molecule has 0 spiro atoms. The van der Waals surface area contributed by atoms with E-state index in [1.54, 1.807) is 30.5 Å². The van der Waals surface area contributed by atoms with Crippen LogP contribution in [0.4, 0.5) is 10.2 Å². The Bertz CT molecular complexity index is 530. The Labute approximate surface area is 105 Å². The van der Waals surface area contributed by atoms with Gasteiger partial charge in [0.2, 0.25) is 0 Å². The number of anilines is 1. The summed E-state index contributed by atoms with van der Waals surface area (Å²) in [5.74, 6) is 0.791. The first-order valence-electron chi connectivity index (χ1n) is 5.71. The van der Waals surface area contributed by atoms with E-state index >= 15 is 0 Å². The fourth-order valence-electron chi connectivity index (χ4n) is 1.64. The van der Waals surface area contributed by atoms with Gasteiger partial charge in [-0.2, -0.15) is 0 Å². The van der Waals surface area contributed by atoms with Gasteiger partial charge in [0, 0.05) is 26.3 Å². The number of hydrogen-bond donors (Lipinski definition) is 1. The van der Waals surface area contributed by atoms with Crippen LogP contribution >= 0.6 is 0 Å². The van der Waals surface area contributed by atoms with Gasteiger partial charge in [-0.05, 0) is 18.2 Å². The summed E-state index contributed by atoms with van der Waals surface area (Å²) in [6.07, 6.45) is 1.62. The number of nitrogens with two attached hydrogens (primary N) is 1. The molecular weight excluding hydrogens is 231 g/mol. The summed E-state index contributed by atoms with van der Waals surface area (Å²) in [5.41, 5.74) is 5.90. The van der Waals surface area contributed by atoms with Crippen molar-refractivity contribution in [1.82, 2.24) is 9.97 Å². The van der Waals surface area contributed by atoms with E-state index in [2.05, 4.69) is 9.97 Å². The molecule has 2 aromatic rings. The molecule has 0 fully saturated rings. The number of aromatic nitrogens is 2. The van der Waals surface area contributed by atoms with Crippen LogP contribution in [0.1, 0.15) is 0 Å². The van der Waals surface area contributed by atoms with Crippen molar-refractivity contribution < 1.29 is 4.39 Å². The van der Waals surface area contributed by atoms with Gasteiger partial charge in [0.05, 0.1) is 5.56 Å². The molecular formula is C13H15FN4. The van der Waals surface area contributed by atoms with Gasteiger partial charge in [-0.15, -0.1) is 0 Å². The molecule has 1 heterocycles. The quantitative estimate of drug-likeness (QED) is 0.891. The summed E-state index contributed by atoms with van der Waals surface area (Å²) < 4.78 is 13.6. The zero-order valence-corrected chi connectivity index (χ0v) is 10.2. The minimum Gasteiger partial charge on any atom is -0.358 e. The van der Waals surface area contributed by atoms with Crippen molar-refractivity contribution in [2.45, 2.75) is 0 Å². The maximum Gasteiger partial charge on any atom is 0.164 e. The zero-order valence-electron chi connectivity index (χ0n) is 10.2. The number of likely N-dealkylation sites (N-methyl/N-ethyl adjacent to an activating group) is 1. The molecule has 2 rings (SSSR count). The molecule has 0 atom stereocenters. The predicted octanol–water partition coefficient (Wildman–Crippen LogP) is 1.68. The Morgan fingerprint density at radius 1 is 1.28 bits per heavy atom. The Morgan fingerprint density at radius 3 is 2.78 bits per heavy atom. The third kappa shape index (κ3) is 2.62. The minimum atomic E-state index is -0.323. The molecule has 0 bridgehead atoms. The highest BCUT2D eigenvalue weighted by Gasteiger charge is 2.09. The van der Waals surface area contributed by atoms with E-state index in [0.717, 1.165) is 5.82 Å².